The highest BCUT2D eigenvalue weighted by Crippen LogP contribution is 2.38. The number of hydrogen-bond acceptors (Lipinski definition) is 3. The second-order valence-electron chi connectivity index (χ2n) is 6.61. The molecule has 0 heterocycles. The quantitative estimate of drug-likeness (QED) is 0.397. The number of halogens is 3. The highest BCUT2D eigenvalue weighted by molar-refractivity contribution is 6.36. The summed E-state index contributed by atoms with van der Waals surface area (Å²) in [5.74, 6) is 1.02. The fraction of sp³-hybridized carbons (Fsp3) is 0.217. The van der Waals surface area contributed by atoms with Gasteiger partial charge in [-0.2, -0.15) is 0 Å². The first-order chi connectivity index (χ1) is 14.0. The number of rotatable bonds is 8. The molecule has 1 N–H and O–H groups in total. The lowest BCUT2D eigenvalue weighted by Crippen LogP contribution is -2.18. The van der Waals surface area contributed by atoms with Crippen LogP contribution in [0, 0.1) is 0 Å². The molecule has 0 radical (unpaired) electrons. The summed E-state index contributed by atoms with van der Waals surface area (Å²) < 4.78 is 11.4. The van der Waals surface area contributed by atoms with Crippen LogP contribution in [-0.2, 0) is 13.2 Å². The van der Waals surface area contributed by atoms with Crippen molar-refractivity contribution in [2.75, 3.05) is 7.11 Å². The zero-order valence-corrected chi connectivity index (χ0v) is 18.5. The van der Waals surface area contributed by atoms with Crippen molar-refractivity contribution in [3.63, 3.8) is 0 Å². The topological polar surface area (TPSA) is 30.5 Å². The van der Waals surface area contributed by atoms with E-state index in [2.05, 4.69) is 24.4 Å². The lowest BCUT2D eigenvalue weighted by molar-refractivity contribution is 0.284. The zero-order chi connectivity index (χ0) is 20.8. The van der Waals surface area contributed by atoms with Crippen molar-refractivity contribution < 1.29 is 9.47 Å². The maximum atomic E-state index is 6.49. The molecule has 0 aromatic heterocycles. The van der Waals surface area contributed by atoms with E-state index in [0.717, 1.165) is 5.56 Å². The summed E-state index contributed by atoms with van der Waals surface area (Å²) in [5, 5.41) is 5.05. The van der Waals surface area contributed by atoms with Gasteiger partial charge in [-0.15, -0.1) is 0 Å². The van der Waals surface area contributed by atoms with Crippen LogP contribution in [0.15, 0.2) is 60.7 Å². The molecule has 0 unspecified atom stereocenters. The molecular weight excluding hydrogens is 429 g/mol. The molecule has 0 aliphatic rings. The van der Waals surface area contributed by atoms with Crippen molar-refractivity contribution in [2.24, 2.45) is 0 Å². The van der Waals surface area contributed by atoms with Crippen LogP contribution in [0.3, 0.4) is 0 Å². The van der Waals surface area contributed by atoms with Gasteiger partial charge < -0.3 is 14.8 Å². The Hall–Kier alpha value is -1.91. The standard InChI is InChI=1S/C23H22Cl3NO2/c1-15(17-7-4-3-5-8-17)27-13-16-11-21(26)23(22(12-16)28-2)29-14-18-19(24)9-6-10-20(18)25/h3-12,15,27H,13-14H2,1-2H3/t15-/m1/s1. The van der Waals surface area contributed by atoms with Crippen LogP contribution in [0.5, 0.6) is 11.5 Å². The van der Waals surface area contributed by atoms with Gasteiger partial charge in [0, 0.05) is 28.2 Å². The predicted molar refractivity (Wildman–Crippen MR) is 120 cm³/mol. The van der Waals surface area contributed by atoms with Crippen molar-refractivity contribution >= 4 is 34.8 Å². The summed E-state index contributed by atoms with van der Waals surface area (Å²) in [7, 11) is 1.59. The Bertz CT molecular complexity index is 944. The largest absolute Gasteiger partial charge is 0.493 e. The van der Waals surface area contributed by atoms with Crippen LogP contribution in [0.25, 0.3) is 0 Å². The van der Waals surface area contributed by atoms with Crippen LogP contribution in [0.2, 0.25) is 15.1 Å². The molecule has 152 valence electrons. The van der Waals surface area contributed by atoms with Crippen LogP contribution in [-0.4, -0.2) is 7.11 Å². The first-order valence-corrected chi connectivity index (χ1v) is 10.3. The third kappa shape index (κ3) is 5.58. The summed E-state index contributed by atoms with van der Waals surface area (Å²) >= 11 is 18.9. The van der Waals surface area contributed by atoms with Crippen LogP contribution < -0.4 is 14.8 Å². The second-order valence-corrected chi connectivity index (χ2v) is 7.83. The number of nitrogens with one attached hydrogen (secondary N) is 1. The summed E-state index contributed by atoms with van der Waals surface area (Å²) in [6, 6.07) is 19.6. The average molecular weight is 451 g/mol. The molecule has 0 bridgehead atoms. The summed E-state index contributed by atoms with van der Waals surface area (Å²) in [4.78, 5) is 0. The lowest BCUT2D eigenvalue weighted by atomic mass is 10.1. The fourth-order valence-electron chi connectivity index (χ4n) is 2.96. The Labute approximate surface area is 186 Å². The molecule has 3 nitrogen and oxygen atoms in total. The van der Waals surface area contributed by atoms with Gasteiger partial charge in [-0.1, -0.05) is 71.2 Å². The van der Waals surface area contributed by atoms with Crippen LogP contribution >= 0.6 is 34.8 Å². The molecule has 0 saturated carbocycles. The van der Waals surface area contributed by atoms with Gasteiger partial charge in [0.2, 0.25) is 0 Å². The minimum Gasteiger partial charge on any atom is -0.493 e. The van der Waals surface area contributed by atoms with Crippen molar-refractivity contribution in [1.29, 1.82) is 0 Å². The first kappa shape index (κ1) is 21.8. The molecule has 0 saturated heterocycles. The third-order valence-electron chi connectivity index (χ3n) is 4.62. The summed E-state index contributed by atoms with van der Waals surface area (Å²) in [6.45, 7) is 2.96. The van der Waals surface area contributed by atoms with E-state index >= 15 is 0 Å². The van der Waals surface area contributed by atoms with Crippen molar-refractivity contribution in [2.45, 2.75) is 26.1 Å². The Balaban J connectivity index is 1.72. The minimum atomic E-state index is 0.192. The van der Waals surface area contributed by atoms with E-state index in [1.165, 1.54) is 5.56 Å². The van der Waals surface area contributed by atoms with Crippen molar-refractivity contribution in [3.8, 4) is 11.5 Å². The molecule has 29 heavy (non-hydrogen) atoms. The molecule has 0 aliphatic carbocycles. The van der Waals surface area contributed by atoms with Crippen LogP contribution in [0.1, 0.15) is 29.7 Å². The van der Waals surface area contributed by atoms with Gasteiger partial charge in [0.25, 0.3) is 0 Å². The predicted octanol–water partition coefficient (Wildman–Crippen LogP) is 7.09. The highest BCUT2D eigenvalue weighted by Gasteiger charge is 2.15. The summed E-state index contributed by atoms with van der Waals surface area (Å²) in [5.41, 5.74) is 2.93. The van der Waals surface area contributed by atoms with E-state index in [4.69, 9.17) is 44.3 Å². The molecule has 3 aromatic rings. The Morgan fingerprint density at radius 3 is 2.24 bits per heavy atom. The Morgan fingerprint density at radius 2 is 1.59 bits per heavy atom. The number of ether oxygens (including phenoxy) is 2. The molecule has 0 aliphatic heterocycles. The third-order valence-corrected chi connectivity index (χ3v) is 5.61. The highest BCUT2D eigenvalue weighted by atomic mass is 35.5. The van der Waals surface area contributed by atoms with E-state index in [1.807, 2.05) is 30.3 Å². The summed E-state index contributed by atoms with van der Waals surface area (Å²) in [6.07, 6.45) is 0. The van der Waals surface area contributed by atoms with Gasteiger partial charge in [-0.25, -0.2) is 0 Å². The van der Waals surface area contributed by atoms with Gasteiger partial charge in [-0.3, -0.25) is 0 Å². The lowest BCUT2D eigenvalue weighted by Gasteiger charge is -2.17. The molecular formula is C23H22Cl3NO2. The van der Waals surface area contributed by atoms with Gasteiger partial charge in [-0.05, 0) is 42.3 Å². The van der Waals surface area contributed by atoms with Gasteiger partial charge >= 0.3 is 0 Å². The molecule has 0 spiro atoms. The van der Waals surface area contributed by atoms with Gasteiger partial charge in [0.05, 0.1) is 12.1 Å². The monoisotopic (exact) mass is 449 g/mol. The van der Waals surface area contributed by atoms with Crippen LogP contribution in [0.4, 0.5) is 0 Å². The maximum Gasteiger partial charge on any atom is 0.180 e. The molecule has 6 heteroatoms. The first-order valence-electron chi connectivity index (χ1n) is 9.20. The Kier molecular flexibility index (Phi) is 7.68. The van der Waals surface area contributed by atoms with Gasteiger partial charge in [0.15, 0.2) is 11.5 Å². The number of benzene rings is 3. The van der Waals surface area contributed by atoms with Crippen molar-refractivity contribution in [1.82, 2.24) is 5.32 Å². The molecule has 0 amide bonds. The van der Waals surface area contributed by atoms with E-state index in [-0.39, 0.29) is 12.6 Å². The maximum absolute atomic E-state index is 6.49. The Morgan fingerprint density at radius 1 is 0.897 bits per heavy atom. The molecule has 3 rings (SSSR count). The fourth-order valence-corrected chi connectivity index (χ4v) is 3.75. The molecule has 1 atom stereocenters. The van der Waals surface area contributed by atoms with E-state index in [1.54, 1.807) is 25.3 Å². The average Bonchev–Trinajstić information content (AvgIpc) is 2.73. The molecule has 3 aromatic carbocycles. The number of hydrogen-bond donors (Lipinski definition) is 1. The second kappa shape index (κ2) is 10.2. The minimum absolute atomic E-state index is 0.192. The smallest absolute Gasteiger partial charge is 0.180 e. The number of methoxy groups -OCH3 is 1. The van der Waals surface area contributed by atoms with E-state index in [9.17, 15) is 0 Å². The zero-order valence-electron chi connectivity index (χ0n) is 16.2. The van der Waals surface area contributed by atoms with Gasteiger partial charge in [0.1, 0.15) is 6.61 Å². The normalized spacial score (nSPS) is 11.9. The van der Waals surface area contributed by atoms with Crippen molar-refractivity contribution in [3.05, 3.63) is 92.4 Å². The SMILES string of the molecule is COc1cc(CN[C@H](C)c2ccccc2)cc(Cl)c1OCc1c(Cl)cccc1Cl. The van der Waals surface area contributed by atoms with E-state index in [0.29, 0.717) is 38.7 Å². The van der Waals surface area contributed by atoms with E-state index < -0.39 is 0 Å². The molecule has 0 fully saturated rings.